The molecule has 0 saturated heterocycles. The van der Waals surface area contributed by atoms with Gasteiger partial charge in [-0.15, -0.1) is 11.8 Å². The highest BCUT2D eigenvalue weighted by atomic mass is 32.2. The van der Waals surface area contributed by atoms with Crippen LogP contribution in [0.3, 0.4) is 0 Å². The average molecular weight is 334 g/mol. The monoisotopic (exact) mass is 334 g/mol. The second-order valence-electron chi connectivity index (χ2n) is 5.42. The second-order valence-corrected chi connectivity index (χ2v) is 6.47. The Labute approximate surface area is 146 Å². The average Bonchev–Trinajstić information content (AvgIpc) is 2.63. The van der Waals surface area contributed by atoms with Crippen molar-refractivity contribution >= 4 is 23.5 Å². The topological polar surface area (TPSA) is 42.0 Å². The van der Waals surface area contributed by atoms with Crippen LogP contribution in [0.1, 0.15) is 21.5 Å². The Balaban J connectivity index is 1.61. The number of benzene rings is 2. The van der Waals surface area contributed by atoms with Crippen LogP contribution in [0.4, 0.5) is 5.82 Å². The van der Waals surface area contributed by atoms with Crippen LogP contribution in [0.25, 0.3) is 0 Å². The first-order valence-corrected chi connectivity index (χ1v) is 8.71. The smallest absolute Gasteiger partial charge is 0.256 e. The molecule has 0 fully saturated rings. The SMILES string of the molecule is Cc1cccnc1NC(=O)c1ccc(SCc2ccccc2)cc1. The van der Waals surface area contributed by atoms with Crippen LogP contribution in [0.5, 0.6) is 0 Å². The van der Waals surface area contributed by atoms with Crippen molar-refractivity contribution in [3.8, 4) is 0 Å². The van der Waals surface area contributed by atoms with E-state index in [1.54, 1.807) is 18.0 Å². The largest absolute Gasteiger partial charge is 0.306 e. The van der Waals surface area contributed by atoms with Gasteiger partial charge in [0.2, 0.25) is 0 Å². The van der Waals surface area contributed by atoms with Crippen molar-refractivity contribution in [2.24, 2.45) is 0 Å². The Morgan fingerprint density at radius 1 is 1.00 bits per heavy atom. The normalized spacial score (nSPS) is 10.4. The van der Waals surface area contributed by atoms with E-state index in [1.165, 1.54) is 5.56 Å². The van der Waals surface area contributed by atoms with Crippen molar-refractivity contribution in [2.45, 2.75) is 17.6 Å². The van der Waals surface area contributed by atoms with Crippen LogP contribution in [-0.2, 0) is 5.75 Å². The summed E-state index contributed by atoms with van der Waals surface area (Å²) in [7, 11) is 0. The van der Waals surface area contributed by atoms with Crippen molar-refractivity contribution in [1.29, 1.82) is 0 Å². The zero-order chi connectivity index (χ0) is 16.8. The van der Waals surface area contributed by atoms with Crippen LogP contribution in [0.15, 0.2) is 77.8 Å². The Morgan fingerprint density at radius 2 is 1.75 bits per heavy atom. The first kappa shape index (κ1) is 16.3. The Kier molecular flexibility index (Phi) is 5.29. The van der Waals surface area contributed by atoms with E-state index in [0.29, 0.717) is 11.4 Å². The lowest BCUT2D eigenvalue weighted by Gasteiger charge is -2.07. The third-order valence-corrected chi connectivity index (χ3v) is 4.69. The molecule has 0 spiro atoms. The van der Waals surface area contributed by atoms with Crippen molar-refractivity contribution in [3.63, 3.8) is 0 Å². The number of nitrogens with one attached hydrogen (secondary N) is 1. The molecule has 0 unspecified atom stereocenters. The molecule has 0 saturated carbocycles. The maximum Gasteiger partial charge on any atom is 0.256 e. The van der Waals surface area contributed by atoms with Crippen LogP contribution in [0.2, 0.25) is 0 Å². The highest BCUT2D eigenvalue weighted by Gasteiger charge is 2.08. The molecule has 0 aliphatic rings. The van der Waals surface area contributed by atoms with Gasteiger partial charge in [-0.05, 0) is 48.4 Å². The van der Waals surface area contributed by atoms with Gasteiger partial charge in [0.1, 0.15) is 5.82 Å². The fourth-order valence-electron chi connectivity index (χ4n) is 2.24. The van der Waals surface area contributed by atoms with E-state index >= 15 is 0 Å². The fraction of sp³-hybridized carbons (Fsp3) is 0.100. The van der Waals surface area contributed by atoms with Crippen LogP contribution in [-0.4, -0.2) is 10.9 Å². The zero-order valence-corrected chi connectivity index (χ0v) is 14.2. The van der Waals surface area contributed by atoms with E-state index in [4.69, 9.17) is 0 Å². The number of carbonyl (C=O) groups is 1. The van der Waals surface area contributed by atoms with Gasteiger partial charge < -0.3 is 5.32 Å². The summed E-state index contributed by atoms with van der Waals surface area (Å²) in [6.45, 7) is 1.92. The number of pyridine rings is 1. The minimum absolute atomic E-state index is 0.142. The fourth-order valence-corrected chi connectivity index (χ4v) is 3.09. The van der Waals surface area contributed by atoms with Crippen LogP contribution >= 0.6 is 11.8 Å². The molecule has 3 aromatic rings. The van der Waals surface area contributed by atoms with Gasteiger partial charge in [-0.2, -0.15) is 0 Å². The molecule has 4 heteroatoms. The number of hydrogen-bond donors (Lipinski definition) is 1. The number of nitrogens with zero attached hydrogens (tertiary/aromatic N) is 1. The summed E-state index contributed by atoms with van der Waals surface area (Å²) < 4.78 is 0. The van der Waals surface area contributed by atoms with E-state index in [-0.39, 0.29) is 5.91 Å². The maximum absolute atomic E-state index is 12.3. The number of hydrogen-bond acceptors (Lipinski definition) is 3. The minimum atomic E-state index is -0.142. The first-order valence-electron chi connectivity index (χ1n) is 7.72. The van der Waals surface area contributed by atoms with Gasteiger partial charge in [0.05, 0.1) is 0 Å². The van der Waals surface area contributed by atoms with E-state index in [0.717, 1.165) is 16.2 Å². The summed E-state index contributed by atoms with van der Waals surface area (Å²) in [6.07, 6.45) is 1.67. The van der Waals surface area contributed by atoms with Crippen molar-refractivity contribution in [3.05, 3.63) is 89.6 Å². The lowest BCUT2D eigenvalue weighted by molar-refractivity contribution is 0.102. The summed E-state index contributed by atoms with van der Waals surface area (Å²) >= 11 is 1.76. The number of thioether (sulfide) groups is 1. The summed E-state index contributed by atoms with van der Waals surface area (Å²) in [6, 6.07) is 21.8. The second kappa shape index (κ2) is 7.79. The summed E-state index contributed by atoms with van der Waals surface area (Å²) in [5.41, 5.74) is 2.86. The minimum Gasteiger partial charge on any atom is -0.306 e. The molecule has 1 N–H and O–H groups in total. The lowest BCUT2D eigenvalue weighted by Crippen LogP contribution is -2.13. The third kappa shape index (κ3) is 4.24. The molecule has 1 heterocycles. The standard InChI is InChI=1S/C20H18N2OS/c1-15-6-5-13-21-19(15)22-20(23)17-9-11-18(12-10-17)24-14-16-7-3-2-4-8-16/h2-13H,14H2,1H3,(H,21,22,23). The van der Waals surface area contributed by atoms with Crippen molar-refractivity contribution in [2.75, 3.05) is 5.32 Å². The van der Waals surface area contributed by atoms with E-state index in [2.05, 4.69) is 22.4 Å². The van der Waals surface area contributed by atoms with Gasteiger partial charge in [0, 0.05) is 22.4 Å². The zero-order valence-electron chi connectivity index (χ0n) is 13.4. The van der Waals surface area contributed by atoms with Crippen molar-refractivity contribution < 1.29 is 4.79 Å². The molecule has 2 aromatic carbocycles. The number of rotatable bonds is 5. The summed E-state index contributed by atoms with van der Waals surface area (Å²) in [5.74, 6) is 1.38. The van der Waals surface area contributed by atoms with Crippen LogP contribution in [0, 0.1) is 6.92 Å². The number of aryl methyl sites for hydroxylation is 1. The Hall–Kier alpha value is -2.59. The molecule has 0 atom stereocenters. The van der Waals surface area contributed by atoms with Gasteiger partial charge in [-0.3, -0.25) is 4.79 Å². The Bertz CT molecular complexity index is 817. The predicted octanol–water partition coefficient (Wildman–Crippen LogP) is 4.93. The molecule has 1 amide bonds. The van der Waals surface area contributed by atoms with Gasteiger partial charge in [0.15, 0.2) is 0 Å². The first-order chi connectivity index (χ1) is 11.7. The van der Waals surface area contributed by atoms with Gasteiger partial charge in [-0.1, -0.05) is 36.4 Å². The molecule has 0 aliphatic carbocycles. The molecular weight excluding hydrogens is 316 g/mol. The number of amides is 1. The highest BCUT2D eigenvalue weighted by Crippen LogP contribution is 2.23. The maximum atomic E-state index is 12.3. The highest BCUT2D eigenvalue weighted by molar-refractivity contribution is 7.98. The van der Waals surface area contributed by atoms with E-state index in [9.17, 15) is 4.79 Å². The molecule has 24 heavy (non-hydrogen) atoms. The molecule has 0 radical (unpaired) electrons. The summed E-state index contributed by atoms with van der Waals surface area (Å²) in [5, 5.41) is 2.85. The number of carbonyl (C=O) groups excluding carboxylic acids is 1. The van der Waals surface area contributed by atoms with Gasteiger partial charge >= 0.3 is 0 Å². The lowest BCUT2D eigenvalue weighted by atomic mass is 10.2. The predicted molar refractivity (Wildman–Crippen MR) is 99.4 cm³/mol. The molecule has 0 aliphatic heterocycles. The van der Waals surface area contributed by atoms with Gasteiger partial charge in [0.25, 0.3) is 5.91 Å². The quantitative estimate of drug-likeness (QED) is 0.672. The summed E-state index contributed by atoms with van der Waals surface area (Å²) in [4.78, 5) is 17.6. The van der Waals surface area contributed by atoms with E-state index < -0.39 is 0 Å². The van der Waals surface area contributed by atoms with Crippen LogP contribution < -0.4 is 5.32 Å². The molecular formula is C20H18N2OS. The molecule has 120 valence electrons. The number of aromatic nitrogens is 1. The number of anilines is 1. The molecule has 3 nitrogen and oxygen atoms in total. The van der Waals surface area contributed by atoms with Crippen molar-refractivity contribution in [1.82, 2.24) is 4.98 Å². The molecule has 3 rings (SSSR count). The Morgan fingerprint density at radius 3 is 2.46 bits per heavy atom. The van der Waals surface area contributed by atoms with E-state index in [1.807, 2.05) is 61.5 Å². The molecule has 0 bridgehead atoms. The third-order valence-electron chi connectivity index (χ3n) is 3.61. The van der Waals surface area contributed by atoms with Gasteiger partial charge in [-0.25, -0.2) is 4.98 Å². The molecule has 1 aromatic heterocycles.